The van der Waals surface area contributed by atoms with E-state index in [9.17, 15) is 4.39 Å². The maximum atomic E-state index is 13.2. The Morgan fingerprint density at radius 2 is 2.16 bits per heavy atom. The zero-order valence-electron chi connectivity index (χ0n) is 11.0. The summed E-state index contributed by atoms with van der Waals surface area (Å²) in [5, 5.41) is 4.31. The number of nitrogens with zero attached hydrogens (tertiary/aromatic N) is 2. The van der Waals surface area contributed by atoms with Crippen LogP contribution in [0, 0.1) is 5.82 Å². The summed E-state index contributed by atoms with van der Waals surface area (Å²) in [4.78, 5) is 0. The third-order valence-electron chi connectivity index (χ3n) is 2.97. The maximum absolute atomic E-state index is 13.2. The van der Waals surface area contributed by atoms with Gasteiger partial charge in [0.25, 0.3) is 0 Å². The number of rotatable bonds is 4. The molecule has 5 heteroatoms. The molecule has 0 radical (unpaired) electrons. The smallest absolute Gasteiger partial charge is 0.123 e. The van der Waals surface area contributed by atoms with Crippen LogP contribution in [-0.4, -0.2) is 9.78 Å². The van der Waals surface area contributed by atoms with Gasteiger partial charge in [-0.3, -0.25) is 4.68 Å². The summed E-state index contributed by atoms with van der Waals surface area (Å²) in [6.45, 7) is 4.11. The highest BCUT2D eigenvalue weighted by atomic mass is 79.9. The minimum atomic E-state index is -0.235. The predicted octanol–water partition coefficient (Wildman–Crippen LogP) is 3.61. The first-order valence-corrected chi connectivity index (χ1v) is 7.01. The van der Waals surface area contributed by atoms with Crippen molar-refractivity contribution in [2.75, 3.05) is 0 Å². The molecule has 0 aliphatic rings. The van der Waals surface area contributed by atoms with Crippen LogP contribution in [0.4, 0.5) is 4.39 Å². The number of hydrogen-bond acceptors (Lipinski definition) is 2. The number of hydrogen-bond donors (Lipinski definition) is 1. The van der Waals surface area contributed by atoms with Crippen molar-refractivity contribution in [3.05, 3.63) is 52.0 Å². The van der Waals surface area contributed by atoms with E-state index < -0.39 is 0 Å². The molecule has 0 amide bonds. The van der Waals surface area contributed by atoms with Crippen LogP contribution >= 0.6 is 15.9 Å². The third-order valence-corrected chi connectivity index (χ3v) is 3.58. The summed E-state index contributed by atoms with van der Waals surface area (Å²) in [5.74, 6) is -0.235. The molecule has 0 saturated heterocycles. The molecule has 1 unspecified atom stereocenters. The van der Waals surface area contributed by atoms with Crippen molar-refractivity contribution >= 4 is 15.9 Å². The van der Waals surface area contributed by atoms with Crippen molar-refractivity contribution < 1.29 is 4.39 Å². The van der Waals surface area contributed by atoms with Gasteiger partial charge in [-0.1, -0.05) is 12.1 Å². The summed E-state index contributed by atoms with van der Waals surface area (Å²) < 4.78 is 16.0. The topological polar surface area (TPSA) is 43.8 Å². The molecule has 1 atom stereocenters. The van der Waals surface area contributed by atoms with Crippen molar-refractivity contribution in [2.45, 2.75) is 32.4 Å². The molecular formula is C14H17BrFN3. The van der Waals surface area contributed by atoms with E-state index in [4.69, 9.17) is 5.73 Å². The molecule has 2 N–H and O–H groups in total. The van der Waals surface area contributed by atoms with Gasteiger partial charge in [0.2, 0.25) is 0 Å². The largest absolute Gasteiger partial charge is 0.322 e. The molecule has 0 saturated carbocycles. The molecule has 2 rings (SSSR count). The van der Waals surface area contributed by atoms with E-state index in [0.717, 1.165) is 15.7 Å². The first-order chi connectivity index (χ1) is 8.99. The van der Waals surface area contributed by atoms with Gasteiger partial charge >= 0.3 is 0 Å². The van der Waals surface area contributed by atoms with Crippen molar-refractivity contribution in [1.29, 1.82) is 0 Å². The standard InChI is InChI=1S/C14H17BrFN3/c1-9(2)19-14(12(15)8-18-19)13(17)7-10-4-3-5-11(16)6-10/h3-6,8-9,13H,7,17H2,1-2H3. The quantitative estimate of drug-likeness (QED) is 0.933. The molecule has 102 valence electrons. The Hall–Kier alpha value is -1.20. The summed E-state index contributed by atoms with van der Waals surface area (Å²) in [7, 11) is 0. The summed E-state index contributed by atoms with van der Waals surface area (Å²) in [6, 6.07) is 6.55. The lowest BCUT2D eigenvalue weighted by Gasteiger charge is -2.17. The third kappa shape index (κ3) is 3.22. The van der Waals surface area contributed by atoms with Gasteiger partial charge in [0.15, 0.2) is 0 Å². The highest BCUT2D eigenvalue weighted by Crippen LogP contribution is 2.26. The minimum absolute atomic E-state index is 0.221. The van der Waals surface area contributed by atoms with Crippen molar-refractivity contribution in [1.82, 2.24) is 9.78 Å². The van der Waals surface area contributed by atoms with Crippen LogP contribution in [0.2, 0.25) is 0 Å². The van der Waals surface area contributed by atoms with E-state index in [1.54, 1.807) is 12.3 Å². The van der Waals surface area contributed by atoms with Gasteiger partial charge in [0.1, 0.15) is 5.82 Å². The molecule has 1 aromatic heterocycles. The molecular weight excluding hydrogens is 309 g/mol. The molecule has 0 spiro atoms. The number of benzene rings is 1. The number of aromatic nitrogens is 2. The second-order valence-electron chi connectivity index (χ2n) is 4.86. The Kier molecular flexibility index (Phi) is 4.37. The average molecular weight is 326 g/mol. The second-order valence-corrected chi connectivity index (χ2v) is 5.71. The van der Waals surface area contributed by atoms with E-state index in [2.05, 4.69) is 34.9 Å². The summed E-state index contributed by atoms with van der Waals surface area (Å²) in [6.07, 6.45) is 2.33. The zero-order chi connectivity index (χ0) is 14.0. The Balaban J connectivity index is 2.25. The highest BCUT2D eigenvalue weighted by molar-refractivity contribution is 9.10. The van der Waals surface area contributed by atoms with Crippen molar-refractivity contribution in [3.63, 3.8) is 0 Å². The van der Waals surface area contributed by atoms with Gasteiger partial charge in [-0.15, -0.1) is 0 Å². The van der Waals surface area contributed by atoms with Gasteiger partial charge in [0, 0.05) is 6.04 Å². The van der Waals surface area contributed by atoms with Gasteiger partial charge in [-0.2, -0.15) is 5.10 Å². The predicted molar refractivity (Wildman–Crippen MR) is 77.3 cm³/mol. The summed E-state index contributed by atoms with van der Waals surface area (Å²) >= 11 is 3.48. The van der Waals surface area contributed by atoms with E-state index in [1.807, 2.05) is 10.7 Å². The maximum Gasteiger partial charge on any atom is 0.123 e. The second kappa shape index (κ2) is 5.84. The lowest BCUT2D eigenvalue weighted by atomic mass is 10.0. The van der Waals surface area contributed by atoms with Crippen LogP contribution in [0.15, 0.2) is 34.9 Å². The Morgan fingerprint density at radius 1 is 1.42 bits per heavy atom. The number of nitrogens with two attached hydrogens (primary N) is 1. The fourth-order valence-electron chi connectivity index (χ4n) is 2.12. The molecule has 2 aromatic rings. The van der Waals surface area contributed by atoms with Gasteiger partial charge in [-0.25, -0.2) is 4.39 Å². The molecule has 0 fully saturated rings. The molecule has 1 heterocycles. The SMILES string of the molecule is CC(C)n1ncc(Br)c1C(N)Cc1cccc(F)c1. The lowest BCUT2D eigenvalue weighted by Crippen LogP contribution is -2.20. The van der Waals surface area contributed by atoms with Crippen LogP contribution in [-0.2, 0) is 6.42 Å². The first kappa shape index (κ1) is 14.2. The fourth-order valence-corrected chi connectivity index (χ4v) is 2.69. The Morgan fingerprint density at radius 3 is 2.79 bits per heavy atom. The normalized spacial score (nSPS) is 12.9. The van der Waals surface area contributed by atoms with E-state index in [-0.39, 0.29) is 17.9 Å². The summed E-state index contributed by atoms with van der Waals surface area (Å²) in [5.41, 5.74) is 8.08. The van der Waals surface area contributed by atoms with E-state index in [1.165, 1.54) is 12.1 Å². The van der Waals surface area contributed by atoms with Gasteiger partial charge in [-0.05, 0) is 53.9 Å². The van der Waals surface area contributed by atoms with Crippen LogP contribution in [0.1, 0.15) is 37.2 Å². The van der Waals surface area contributed by atoms with Crippen LogP contribution in [0.5, 0.6) is 0 Å². The van der Waals surface area contributed by atoms with E-state index >= 15 is 0 Å². The monoisotopic (exact) mass is 325 g/mol. The average Bonchev–Trinajstić information content (AvgIpc) is 2.71. The molecule has 19 heavy (non-hydrogen) atoms. The molecule has 0 bridgehead atoms. The molecule has 3 nitrogen and oxygen atoms in total. The fraction of sp³-hybridized carbons (Fsp3) is 0.357. The minimum Gasteiger partial charge on any atom is -0.322 e. The highest BCUT2D eigenvalue weighted by Gasteiger charge is 2.18. The van der Waals surface area contributed by atoms with Crippen LogP contribution < -0.4 is 5.73 Å². The van der Waals surface area contributed by atoms with Crippen LogP contribution in [0.3, 0.4) is 0 Å². The molecule has 1 aromatic carbocycles. The zero-order valence-corrected chi connectivity index (χ0v) is 12.6. The lowest BCUT2D eigenvalue weighted by molar-refractivity contribution is 0.484. The first-order valence-electron chi connectivity index (χ1n) is 6.22. The number of halogens is 2. The van der Waals surface area contributed by atoms with Gasteiger partial charge in [0.05, 0.1) is 22.4 Å². The molecule has 0 aliphatic carbocycles. The molecule has 0 aliphatic heterocycles. The van der Waals surface area contributed by atoms with E-state index in [0.29, 0.717) is 6.42 Å². The van der Waals surface area contributed by atoms with Gasteiger partial charge < -0.3 is 5.73 Å². The van der Waals surface area contributed by atoms with Crippen molar-refractivity contribution in [2.24, 2.45) is 5.73 Å². The van der Waals surface area contributed by atoms with Crippen molar-refractivity contribution in [3.8, 4) is 0 Å². The van der Waals surface area contributed by atoms with Crippen LogP contribution in [0.25, 0.3) is 0 Å². The Bertz CT molecular complexity index is 566. The Labute approximate surface area is 120 Å².